The lowest BCUT2D eigenvalue weighted by Crippen LogP contribution is -2.28. The molecule has 1 amide bonds. The molecule has 1 rings (SSSR count). The van der Waals surface area contributed by atoms with Gasteiger partial charge in [0, 0.05) is 13.7 Å². The first-order chi connectivity index (χ1) is 9.58. The Balaban J connectivity index is 2.73. The van der Waals surface area contributed by atoms with E-state index in [4.69, 9.17) is 14.6 Å². The van der Waals surface area contributed by atoms with Crippen LogP contribution in [0.4, 0.5) is 0 Å². The fourth-order valence-electron chi connectivity index (χ4n) is 1.67. The van der Waals surface area contributed by atoms with Gasteiger partial charge in [-0.2, -0.15) is 0 Å². The van der Waals surface area contributed by atoms with Crippen molar-refractivity contribution in [3.8, 4) is 5.75 Å². The lowest BCUT2D eigenvalue weighted by atomic mass is 10.1. The number of nitrogens with one attached hydrogen (secondary N) is 1. The summed E-state index contributed by atoms with van der Waals surface area (Å²) in [6, 6.07) is 4.65. The second-order valence-corrected chi connectivity index (χ2v) is 4.09. The van der Waals surface area contributed by atoms with E-state index in [-0.39, 0.29) is 23.6 Å². The summed E-state index contributed by atoms with van der Waals surface area (Å²) in [5.41, 5.74) is 0.795. The predicted octanol–water partition coefficient (Wildman–Crippen LogP) is 1.09. The fraction of sp³-hybridized carbons (Fsp3) is 0.429. The molecule has 0 aromatic heterocycles. The summed E-state index contributed by atoms with van der Waals surface area (Å²) in [5.74, 6) is -0.917. The van der Waals surface area contributed by atoms with E-state index in [0.717, 1.165) is 0 Å². The molecule has 2 N–H and O–H groups in total. The highest BCUT2D eigenvalue weighted by Gasteiger charge is 2.13. The van der Waals surface area contributed by atoms with Crippen LogP contribution in [0, 0.1) is 0 Å². The largest absolute Gasteiger partial charge is 0.493 e. The minimum Gasteiger partial charge on any atom is -0.493 e. The van der Waals surface area contributed by atoms with Crippen molar-refractivity contribution in [1.82, 2.24) is 5.32 Å². The topological polar surface area (TPSA) is 84.9 Å². The number of carbonyl (C=O) groups excluding carboxylic acids is 1. The molecule has 0 heterocycles. The Morgan fingerprint density at radius 3 is 2.70 bits per heavy atom. The van der Waals surface area contributed by atoms with Crippen molar-refractivity contribution in [2.75, 3.05) is 26.9 Å². The Bertz CT molecular complexity index is 473. The summed E-state index contributed by atoms with van der Waals surface area (Å²) in [4.78, 5) is 22.7. The third-order valence-corrected chi connectivity index (χ3v) is 2.57. The number of hydrogen-bond acceptors (Lipinski definition) is 4. The van der Waals surface area contributed by atoms with Crippen LogP contribution in [0.1, 0.15) is 22.8 Å². The van der Waals surface area contributed by atoms with Gasteiger partial charge in [-0.05, 0) is 24.6 Å². The molecule has 0 saturated heterocycles. The first kappa shape index (κ1) is 16.0. The molecule has 0 aliphatic carbocycles. The average molecular weight is 281 g/mol. The minimum atomic E-state index is -1.05. The van der Waals surface area contributed by atoms with Gasteiger partial charge in [0.1, 0.15) is 11.3 Å². The van der Waals surface area contributed by atoms with E-state index < -0.39 is 5.97 Å². The second-order valence-electron chi connectivity index (χ2n) is 4.09. The van der Waals surface area contributed by atoms with E-state index >= 15 is 0 Å². The maximum atomic E-state index is 11.7. The molecular weight excluding hydrogens is 262 g/mol. The molecule has 0 unspecified atom stereocenters. The van der Waals surface area contributed by atoms with Crippen LogP contribution in [-0.2, 0) is 16.0 Å². The number of carboxylic acid groups (broad SMARTS) is 1. The van der Waals surface area contributed by atoms with Crippen LogP contribution in [0.2, 0.25) is 0 Å². The van der Waals surface area contributed by atoms with Gasteiger partial charge in [0.15, 0.2) is 0 Å². The van der Waals surface area contributed by atoms with Gasteiger partial charge >= 0.3 is 5.97 Å². The van der Waals surface area contributed by atoms with Crippen LogP contribution >= 0.6 is 0 Å². The van der Waals surface area contributed by atoms with Gasteiger partial charge in [-0.3, -0.25) is 4.79 Å². The highest BCUT2D eigenvalue weighted by atomic mass is 16.5. The third-order valence-electron chi connectivity index (χ3n) is 2.57. The van der Waals surface area contributed by atoms with Gasteiger partial charge in [-0.25, -0.2) is 4.79 Å². The van der Waals surface area contributed by atoms with Gasteiger partial charge in [0.25, 0.3) is 0 Å². The average Bonchev–Trinajstić information content (AvgIpc) is 2.39. The molecule has 6 heteroatoms. The van der Waals surface area contributed by atoms with Crippen LogP contribution in [0.25, 0.3) is 0 Å². The Labute approximate surface area is 117 Å². The quantitative estimate of drug-likeness (QED) is 0.697. The molecule has 0 aliphatic heterocycles. The molecule has 1 aromatic rings. The summed E-state index contributed by atoms with van der Waals surface area (Å²) in [6.45, 7) is 3.04. The first-order valence-electron chi connectivity index (χ1n) is 6.33. The Morgan fingerprint density at radius 2 is 2.10 bits per heavy atom. The van der Waals surface area contributed by atoms with E-state index in [9.17, 15) is 9.59 Å². The van der Waals surface area contributed by atoms with E-state index in [1.54, 1.807) is 26.2 Å². The van der Waals surface area contributed by atoms with Crippen molar-refractivity contribution in [2.45, 2.75) is 13.3 Å². The number of methoxy groups -OCH3 is 1. The Hall–Kier alpha value is -2.08. The van der Waals surface area contributed by atoms with Crippen LogP contribution in [0.3, 0.4) is 0 Å². The standard InChI is InChI=1S/C14H19NO5/c1-3-20-12-8-10(4-5-11(12)14(17)18)9-13(16)15-6-7-19-2/h4-5,8H,3,6-7,9H2,1-2H3,(H,15,16)(H,17,18). The molecule has 0 aliphatic rings. The summed E-state index contributed by atoms with van der Waals surface area (Å²) < 4.78 is 10.1. The third kappa shape index (κ3) is 4.89. The highest BCUT2D eigenvalue weighted by molar-refractivity contribution is 5.91. The molecule has 0 bridgehead atoms. The van der Waals surface area contributed by atoms with Gasteiger partial charge < -0.3 is 19.9 Å². The van der Waals surface area contributed by atoms with Crippen molar-refractivity contribution < 1.29 is 24.2 Å². The molecule has 0 spiro atoms. The minimum absolute atomic E-state index is 0.0930. The monoisotopic (exact) mass is 281 g/mol. The van der Waals surface area contributed by atoms with Gasteiger partial charge in [0.05, 0.1) is 19.6 Å². The van der Waals surface area contributed by atoms with Gasteiger partial charge in [0.2, 0.25) is 5.91 Å². The number of ether oxygens (including phenoxy) is 2. The molecule has 0 fully saturated rings. The van der Waals surface area contributed by atoms with Crippen molar-refractivity contribution in [3.63, 3.8) is 0 Å². The van der Waals surface area contributed by atoms with E-state index in [0.29, 0.717) is 25.3 Å². The number of aromatic carboxylic acids is 1. The van der Waals surface area contributed by atoms with Crippen molar-refractivity contribution in [3.05, 3.63) is 29.3 Å². The van der Waals surface area contributed by atoms with E-state index in [2.05, 4.69) is 5.32 Å². The summed E-state index contributed by atoms with van der Waals surface area (Å²) in [5, 5.41) is 11.7. The first-order valence-corrected chi connectivity index (χ1v) is 6.33. The van der Waals surface area contributed by atoms with E-state index in [1.165, 1.54) is 6.07 Å². The van der Waals surface area contributed by atoms with Crippen molar-refractivity contribution in [1.29, 1.82) is 0 Å². The summed E-state index contributed by atoms with van der Waals surface area (Å²) in [6.07, 6.45) is 0.170. The molecule has 0 radical (unpaired) electrons. The Kier molecular flexibility index (Phi) is 6.52. The molecule has 110 valence electrons. The number of benzene rings is 1. The maximum absolute atomic E-state index is 11.7. The van der Waals surface area contributed by atoms with Gasteiger partial charge in [-0.1, -0.05) is 6.07 Å². The van der Waals surface area contributed by atoms with Crippen LogP contribution in [0.5, 0.6) is 5.75 Å². The zero-order valence-corrected chi connectivity index (χ0v) is 11.6. The number of amides is 1. The van der Waals surface area contributed by atoms with Crippen molar-refractivity contribution >= 4 is 11.9 Å². The molecule has 6 nitrogen and oxygen atoms in total. The number of hydrogen-bond donors (Lipinski definition) is 2. The van der Waals surface area contributed by atoms with Crippen LogP contribution < -0.4 is 10.1 Å². The predicted molar refractivity (Wildman–Crippen MR) is 73.2 cm³/mol. The van der Waals surface area contributed by atoms with Gasteiger partial charge in [-0.15, -0.1) is 0 Å². The molecule has 0 atom stereocenters. The maximum Gasteiger partial charge on any atom is 0.339 e. The number of carboxylic acids is 1. The molecule has 1 aromatic carbocycles. The van der Waals surface area contributed by atoms with Crippen LogP contribution in [-0.4, -0.2) is 43.9 Å². The molecule has 20 heavy (non-hydrogen) atoms. The molecular formula is C14H19NO5. The lowest BCUT2D eigenvalue weighted by Gasteiger charge is -2.10. The van der Waals surface area contributed by atoms with Crippen LogP contribution in [0.15, 0.2) is 18.2 Å². The Morgan fingerprint density at radius 1 is 1.35 bits per heavy atom. The summed E-state index contributed by atoms with van der Waals surface area (Å²) in [7, 11) is 1.56. The SMILES string of the molecule is CCOc1cc(CC(=O)NCCOC)ccc1C(=O)O. The zero-order chi connectivity index (χ0) is 15.0. The highest BCUT2D eigenvalue weighted by Crippen LogP contribution is 2.21. The van der Waals surface area contributed by atoms with Crippen molar-refractivity contribution in [2.24, 2.45) is 0 Å². The second kappa shape index (κ2) is 8.16. The number of carbonyl (C=O) groups is 2. The normalized spacial score (nSPS) is 10.1. The smallest absolute Gasteiger partial charge is 0.339 e. The molecule has 0 saturated carbocycles. The lowest BCUT2D eigenvalue weighted by molar-refractivity contribution is -0.120. The summed E-state index contributed by atoms with van der Waals surface area (Å²) >= 11 is 0. The zero-order valence-electron chi connectivity index (χ0n) is 11.6. The van der Waals surface area contributed by atoms with E-state index in [1.807, 2.05) is 0 Å². The fourth-order valence-corrected chi connectivity index (χ4v) is 1.67. The number of rotatable bonds is 8.